The van der Waals surface area contributed by atoms with E-state index in [1.54, 1.807) is 34.5 Å². The summed E-state index contributed by atoms with van der Waals surface area (Å²) in [5, 5.41) is 4.68. The monoisotopic (exact) mass is 333 g/mol. The molecule has 1 N–H and O–H groups in total. The van der Waals surface area contributed by atoms with E-state index in [1.807, 2.05) is 30.3 Å². The van der Waals surface area contributed by atoms with E-state index in [0.717, 1.165) is 21.2 Å². The van der Waals surface area contributed by atoms with Crippen molar-refractivity contribution in [3.05, 3.63) is 69.7 Å². The number of rotatable bonds is 0. The van der Waals surface area contributed by atoms with Crippen molar-refractivity contribution in [2.24, 2.45) is 0 Å². The van der Waals surface area contributed by atoms with E-state index in [1.165, 1.54) is 0 Å². The number of thioether (sulfide) groups is 1. The highest BCUT2D eigenvalue weighted by Gasteiger charge is 2.32. The maximum atomic E-state index is 12.6. The average Bonchev–Trinajstić information content (AvgIpc) is 3.16. The molecule has 0 fully saturated rings. The van der Waals surface area contributed by atoms with Crippen LogP contribution in [0.2, 0.25) is 0 Å². The highest BCUT2D eigenvalue weighted by Crippen LogP contribution is 2.45. The van der Waals surface area contributed by atoms with Gasteiger partial charge >= 0.3 is 0 Å². The number of carbonyl (C=O) groups excluding carboxylic acids is 1. The molecule has 0 radical (unpaired) electrons. The molecule has 5 rings (SSSR count). The minimum Gasteiger partial charge on any atom is -0.349 e. The first-order chi connectivity index (χ1) is 11.7. The Hall–Kier alpha value is -2.86. The van der Waals surface area contributed by atoms with Crippen molar-refractivity contribution in [2.75, 3.05) is 5.32 Å². The molecule has 2 aliphatic heterocycles. The maximum Gasteiger partial charge on any atom is 0.281 e. The number of fused-ring (bicyclic) bond motifs is 4. The molecule has 0 saturated heterocycles. The second kappa shape index (κ2) is 4.82. The number of aromatic nitrogens is 2. The van der Waals surface area contributed by atoms with Crippen LogP contribution in [0.4, 0.5) is 5.69 Å². The molecule has 2 aliphatic rings. The summed E-state index contributed by atoms with van der Waals surface area (Å²) in [5.41, 5.74) is 2.11. The Bertz CT molecular complexity index is 1100. The highest BCUT2D eigenvalue weighted by molar-refractivity contribution is 8.04. The average molecular weight is 333 g/mol. The number of benzene rings is 2. The normalized spacial score (nSPS) is 18.6. The molecule has 0 atom stereocenters. The second-order valence-corrected chi connectivity index (χ2v) is 6.75. The van der Waals surface area contributed by atoms with Crippen molar-refractivity contribution < 1.29 is 4.79 Å². The van der Waals surface area contributed by atoms with Crippen LogP contribution in [0.15, 0.2) is 63.3 Å². The van der Waals surface area contributed by atoms with Crippen molar-refractivity contribution in [3.8, 4) is 0 Å². The standard InChI is InChI=1S/C18H11N3O2S/c22-15-9-11(18-19-12-6-2-4-8-14(12)24-18)16-20-17(23)10-5-1-3-7-13(10)21(15)16/h1-8,19H,9H2/b18-11-. The van der Waals surface area contributed by atoms with Crippen LogP contribution < -0.4 is 10.9 Å². The van der Waals surface area contributed by atoms with Gasteiger partial charge in [-0.15, -0.1) is 0 Å². The number of para-hydroxylation sites is 2. The summed E-state index contributed by atoms with van der Waals surface area (Å²) in [7, 11) is 0. The predicted octanol–water partition coefficient (Wildman–Crippen LogP) is 3.33. The van der Waals surface area contributed by atoms with Gasteiger partial charge in [-0.3, -0.25) is 14.2 Å². The number of carbonyl (C=O) groups is 1. The van der Waals surface area contributed by atoms with E-state index in [0.29, 0.717) is 16.7 Å². The third-order valence-electron chi connectivity index (χ3n) is 4.26. The van der Waals surface area contributed by atoms with Crippen molar-refractivity contribution in [2.45, 2.75) is 11.3 Å². The quantitative estimate of drug-likeness (QED) is 0.684. The van der Waals surface area contributed by atoms with E-state index in [4.69, 9.17) is 0 Å². The molecule has 0 unspecified atom stereocenters. The number of nitrogens with one attached hydrogen (secondary N) is 1. The first kappa shape index (κ1) is 13.6. The fraction of sp³-hybridized carbons (Fsp3) is 0.0556. The molecule has 1 aromatic heterocycles. The molecule has 6 heteroatoms. The molecular weight excluding hydrogens is 322 g/mol. The molecule has 2 aromatic carbocycles. The van der Waals surface area contributed by atoms with Crippen LogP contribution in [-0.4, -0.2) is 15.5 Å². The van der Waals surface area contributed by atoms with Crippen molar-refractivity contribution in [3.63, 3.8) is 0 Å². The molecule has 116 valence electrons. The van der Waals surface area contributed by atoms with Crippen LogP contribution in [0.3, 0.4) is 0 Å². The zero-order chi connectivity index (χ0) is 16.3. The van der Waals surface area contributed by atoms with Gasteiger partial charge in [0.25, 0.3) is 5.56 Å². The van der Waals surface area contributed by atoms with E-state index < -0.39 is 0 Å². The van der Waals surface area contributed by atoms with Gasteiger partial charge in [0.2, 0.25) is 5.91 Å². The molecule has 5 nitrogen and oxygen atoms in total. The Kier molecular flexibility index (Phi) is 2.72. The second-order valence-electron chi connectivity index (χ2n) is 5.69. The van der Waals surface area contributed by atoms with Crippen LogP contribution >= 0.6 is 11.8 Å². The fourth-order valence-corrected chi connectivity index (χ4v) is 4.21. The molecule has 3 aromatic rings. The van der Waals surface area contributed by atoms with Crippen LogP contribution in [0.1, 0.15) is 17.0 Å². The Labute approximate surface area is 141 Å². The summed E-state index contributed by atoms with van der Waals surface area (Å²) in [6.45, 7) is 0. The third kappa shape index (κ3) is 1.80. The van der Waals surface area contributed by atoms with Gasteiger partial charge in [-0.25, -0.2) is 0 Å². The lowest BCUT2D eigenvalue weighted by molar-refractivity contribution is 0.0934. The smallest absolute Gasteiger partial charge is 0.281 e. The molecule has 0 aliphatic carbocycles. The van der Waals surface area contributed by atoms with E-state index in [-0.39, 0.29) is 17.9 Å². The fourth-order valence-electron chi connectivity index (χ4n) is 3.17. The van der Waals surface area contributed by atoms with Gasteiger partial charge in [-0.2, -0.15) is 4.98 Å². The van der Waals surface area contributed by atoms with Crippen molar-refractivity contribution >= 4 is 39.8 Å². The van der Waals surface area contributed by atoms with Crippen LogP contribution in [0, 0.1) is 0 Å². The lowest BCUT2D eigenvalue weighted by Gasteiger charge is -2.07. The van der Waals surface area contributed by atoms with Gasteiger partial charge in [0.1, 0.15) is 0 Å². The number of hydrogen-bond acceptors (Lipinski definition) is 5. The first-order valence-corrected chi connectivity index (χ1v) is 8.36. The van der Waals surface area contributed by atoms with Crippen molar-refractivity contribution in [1.82, 2.24) is 9.55 Å². The molecule has 0 bridgehead atoms. The molecular formula is C18H11N3O2S. The minimum atomic E-state index is -0.301. The zero-order valence-corrected chi connectivity index (χ0v) is 13.3. The molecule has 0 spiro atoms. The Morgan fingerprint density at radius 3 is 2.71 bits per heavy atom. The maximum absolute atomic E-state index is 12.6. The summed E-state index contributed by atoms with van der Waals surface area (Å²) >= 11 is 1.57. The topological polar surface area (TPSA) is 64.0 Å². The third-order valence-corrected chi connectivity index (χ3v) is 5.39. The minimum absolute atomic E-state index is 0.0606. The number of hydrogen-bond donors (Lipinski definition) is 1. The van der Waals surface area contributed by atoms with Gasteiger partial charge in [0.15, 0.2) is 5.82 Å². The van der Waals surface area contributed by atoms with Crippen LogP contribution in [-0.2, 0) is 0 Å². The Morgan fingerprint density at radius 2 is 1.83 bits per heavy atom. The SMILES string of the molecule is O=C1C/C(=C2\Nc3ccccc3S2)c2nc(=O)c3ccccc3n21. The zero-order valence-electron chi connectivity index (χ0n) is 12.4. The number of allylic oxidation sites excluding steroid dienone is 1. The highest BCUT2D eigenvalue weighted by atomic mass is 32.2. The van der Waals surface area contributed by atoms with Gasteiger partial charge in [0.05, 0.1) is 28.0 Å². The molecule has 0 amide bonds. The summed E-state index contributed by atoms with van der Waals surface area (Å²) in [5.74, 6) is 0.390. The van der Waals surface area contributed by atoms with E-state index in [9.17, 15) is 9.59 Å². The first-order valence-electron chi connectivity index (χ1n) is 7.55. The Morgan fingerprint density at radius 1 is 1.04 bits per heavy atom. The number of anilines is 1. The molecule has 0 saturated carbocycles. The van der Waals surface area contributed by atoms with Gasteiger partial charge in [-0.1, -0.05) is 36.0 Å². The molecule has 3 heterocycles. The lowest BCUT2D eigenvalue weighted by atomic mass is 10.2. The summed E-state index contributed by atoms with van der Waals surface area (Å²) in [6, 6.07) is 15.1. The number of nitrogens with zero attached hydrogens (tertiary/aromatic N) is 2. The largest absolute Gasteiger partial charge is 0.349 e. The van der Waals surface area contributed by atoms with Crippen molar-refractivity contribution in [1.29, 1.82) is 0 Å². The predicted molar refractivity (Wildman–Crippen MR) is 94.1 cm³/mol. The lowest BCUT2D eigenvalue weighted by Crippen LogP contribution is -2.17. The van der Waals surface area contributed by atoms with Crippen LogP contribution in [0.5, 0.6) is 0 Å². The van der Waals surface area contributed by atoms with E-state index in [2.05, 4.69) is 10.3 Å². The summed E-state index contributed by atoms with van der Waals surface area (Å²) in [6.07, 6.45) is 0.240. The van der Waals surface area contributed by atoms with E-state index >= 15 is 0 Å². The summed E-state index contributed by atoms with van der Waals surface area (Å²) < 4.78 is 1.56. The van der Waals surface area contributed by atoms with Gasteiger partial charge < -0.3 is 5.32 Å². The summed E-state index contributed by atoms with van der Waals surface area (Å²) in [4.78, 5) is 30.2. The van der Waals surface area contributed by atoms with Crippen LogP contribution in [0.25, 0.3) is 16.5 Å². The molecule has 24 heavy (non-hydrogen) atoms. The Balaban J connectivity index is 1.77. The van der Waals surface area contributed by atoms with Gasteiger partial charge in [-0.05, 0) is 24.3 Å². The van der Waals surface area contributed by atoms with Gasteiger partial charge in [0, 0.05) is 10.5 Å².